The summed E-state index contributed by atoms with van der Waals surface area (Å²) in [5.74, 6) is -0.415. The van der Waals surface area contributed by atoms with E-state index in [1.807, 2.05) is 56.3 Å². The van der Waals surface area contributed by atoms with Crippen LogP contribution in [0, 0.1) is 13.8 Å². The molecular formula is C20H20N4O3. The van der Waals surface area contributed by atoms with Crippen molar-refractivity contribution in [1.29, 1.82) is 0 Å². The maximum Gasteiger partial charge on any atom is 0.316 e. The van der Waals surface area contributed by atoms with Crippen LogP contribution in [0.4, 0.5) is 0 Å². The number of rotatable bonds is 6. The van der Waals surface area contributed by atoms with Crippen molar-refractivity contribution < 1.29 is 14.1 Å². The molecule has 0 fully saturated rings. The summed E-state index contributed by atoms with van der Waals surface area (Å²) in [6.45, 7) is 4.37. The smallest absolute Gasteiger partial charge is 0.316 e. The first-order chi connectivity index (χ1) is 13.0. The molecule has 0 spiro atoms. The molecule has 138 valence electrons. The fourth-order valence-corrected chi connectivity index (χ4v) is 2.57. The molecule has 0 atom stereocenters. The minimum atomic E-state index is -0.480. The van der Waals surface area contributed by atoms with Crippen molar-refractivity contribution in [2.75, 3.05) is 13.1 Å². The van der Waals surface area contributed by atoms with Crippen LogP contribution in [0.25, 0.3) is 11.4 Å². The molecule has 0 bridgehead atoms. The number of carbonyl (C=O) groups excluding carboxylic acids is 2. The topological polar surface area (TPSA) is 97.1 Å². The molecule has 0 radical (unpaired) electrons. The molecule has 2 amide bonds. The zero-order valence-corrected chi connectivity index (χ0v) is 15.2. The third-order valence-corrected chi connectivity index (χ3v) is 3.98. The molecule has 1 heterocycles. The number of nitrogens with one attached hydrogen (secondary N) is 2. The van der Waals surface area contributed by atoms with E-state index in [0.29, 0.717) is 11.4 Å². The van der Waals surface area contributed by atoms with E-state index in [1.165, 1.54) is 0 Å². The lowest BCUT2D eigenvalue weighted by Gasteiger charge is -2.07. The number of carbonyl (C=O) groups is 2. The largest absolute Gasteiger partial charge is 0.350 e. The van der Waals surface area contributed by atoms with Gasteiger partial charge in [0.2, 0.25) is 5.82 Å². The number of hydrogen-bond donors (Lipinski definition) is 2. The van der Waals surface area contributed by atoms with Gasteiger partial charge in [0, 0.05) is 24.2 Å². The van der Waals surface area contributed by atoms with E-state index >= 15 is 0 Å². The fourth-order valence-electron chi connectivity index (χ4n) is 2.57. The molecule has 1 aromatic heterocycles. The van der Waals surface area contributed by atoms with Crippen molar-refractivity contribution in [1.82, 2.24) is 20.8 Å². The Kier molecular flexibility index (Phi) is 5.61. The van der Waals surface area contributed by atoms with Crippen molar-refractivity contribution in [3.63, 3.8) is 0 Å². The molecule has 7 nitrogen and oxygen atoms in total. The van der Waals surface area contributed by atoms with Gasteiger partial charge in [0.15, 0.2) is 0 Å². The Bertz CT molecular complexity index is 965. The molecule has 2 N–H and O–H groups in total. The maximum atomic E-state index is 12.1. The van der Waals surface area contributed by atoms with Crippen LogP contribution in [0.2, 0.25) is 0 Å². The lowest BCUT2D eigenvalue weighted by atomic mass is 10.1. The highest BCUT2D eigenvalue weighted by Gasteiger charge is 2.16. The van der Waals surface area contributed by atoms with Crippen LogP contribution in [0.5, 0.6) is 0 Å². The molecule has 7 heteroatoms. The second-order valence-electron chi connectivity index (χ2n) is 6.12. The highest BCUT2D eigenvalue weighted by Crippen LogP contribution is 2.16. The van der Waals surface area contributed by atoms with Crippen molar-refractivity contribution in [2.24, 2.45) is 0 Å². The standard InChI is InChI=1S/C20H20N4O3/c1-13-6-5-8-15(12-13)17-23-20(27-24-17)19(26)22-11-10-21-18(25)16-9-4-3-7-14(16)2/h3-9,12H,10-11H2,1-2H3,(H,21,25)(H,22,26). The summed E-state index contributed by atoms with van der Waals surface area (Å²) >= 11 is 0. The Morgan fingerprint density at radius 3 is 2.44 bits per heavy atom. The second-order valence-corrected chi connectivity index (χ2v) is 6.12. The SMILES string of the molecule is Cc1cccc(-c2noc(C(=O)NCCNC(=O)c3ccccc3C)n2)c1. The summed E-state index contributed by atoms with van der Waals surface area (Å²) < 4.78 is 5.02. The van der Waals surface area contributed by atoms with Crippen LogP contribution in [0.3, 0.4) is 0 Å². The summed E-state index contributed by atoms with van der Waals surface area (Å²) in [4.78, 5) is 28.3. The van der Waals surface area contributed by atoms with Gasteiger partial charge < -0.3 is 15.2 Å². The molecule has 3 rings (SSSR count). The van der Waals surface area contributed by atoms with E-state index in [-0.39, 0.29) is 24.9 Å². The Morgan fingerprint density at radius 1 is 0.963 bits per heavy atom. The zero-order chi connectivity index (χ0) is 19.2. The van der Waals surface area contributed by atoms with Gasteiger partial charge in [0.25, 0.3) is 5.91 Å². The average Bonchev–Trinajstić information content (AvgIpc) is 3.15. The molecule has 0 unspecified atom stereocenters. The second kappa shape index (κ2) is 8.27. The van der Waals surface area contributed by atoms with Gasteiger partial charge in [0.1, 0.15) is 0 Å². The lowest BCUT2D eigenvalue weighted by molar-refractivity contribution is 0.0898. The van der Waals surface area contributed by atoms with Crippen LogP contribution in [-0.2, 0) is 0 Å². The summed E-state index contributed by atoms with van der Waals surface area (Å²) in [5.41, 5.74) is 3.35. The summed E-state index contributed by atoms with van der Waals surface area (Å²) in [6.07, 6.45) is 0. The molecule has 3 aromatic rings. The first kappa shape index (κ1) is 18.3. The van der Waals surface area contributed by atoms with E-state index in [4.69, 9.17) is 4.52 Å². The van der Waals surface area contributed by atoms with Crippen molar-refractivity contribution in [3.05, 3.63) is 71.1 Å². The molecule has 0 aliphatic carbocycles. The van der Waals surface area contributed by atoms with Crippen LogP contribution in [-0.4, -0.2) is 35.0 Å². The normalized spacial score (nSPS) is 10.4. The van der Waals surface area contributed by atoms with Crippen molar-refractivity contribution >= 4 is 11.8 Å². The third-order valence-electron chi connectivity index (χ3n) is 3.98. The van der Waals surface area contributed by atoms with Crippen molar-refractivity contribution in [3.8, 4) is 11.4 Å². The lowest BCUT2D eigenvalue weighted by Crippen LogP contribution is -2.35. The van der Waals surface area contributed by atoms with E-state index in [1.54, 1.807) is 6.07 Å². The van der Waals surface area contributed by atoms with E-state index < -0.39 is 5.91 Å². The molecule has 0 aliphatic heterocycles. The number of aryl methyl sites for hydroxylation is 2. The van der Waals surface area contributed by atoms with Gasteiger partial charge in [-0.2, -0.15) is 4.98 Å². The van der Waals surface area contributed by atoms with Crippen molar-refractivity contribution in [2.45, 2.75) is 13.8 Å². The number of benzene rings is 2. The van der Waals surface area contributed by atoms with Gasteiger partial charge in [-0.05, 0) is 31.5 Å². The van der Waals surface area contributed by atoms with Crippen LogP contribution in [0.15, 0.2) is 53.1 Å². The van der Waals surface area contributed by atoms with Gasteiger partial charge in [-0.25, -0.2) is 0 Å². The zero-order valence-electron chi connectivity index (χ0n) is 15.2. The van der Waals surface area contributed by atoms with Crippen LogP contribution < -0.4 is 10.6 Å². The van der Waals surface area contributed by atoms with E-state index in [0.717, 1.165) is 16.7 Å². The monoisotopic (exact) mass is 364 g/mol. The molecule has 0 aliphatic rings. The quantitative estimate of drug-likeness (QED) is 0.655. The Balaban J connectivity index is 1.50. The minimum absolute atomic E-state index is 0.114. The van der Waals surface area contributed by atoms with E-state index in [9.17, 15) is 9.59 Å². The van der Waals surface area contributed by atoms with Gasteiger partial charge in [-0.3, -0.25) is 9.59 Å². The number of aromatic nitrogens is 2. The van der Waals surface area contributed by atoms with Gasteiger partial charge in [-0.1, -0.05) is 47.1 Å². The maximum absolute atomic E-state index is 12.1. The first-order valence-electron chi connectivity index (χ1n) is 8.57. The number of hydrogen-bond acceptors (Lipinski definition) is 5. The van der Waals surface area contributed by atoms with Gasteiger partial charge in [0.05, 0.1) is 0 Å². The van der Waals surface area contributed by atoms with Crippen LogP contribution >= 0.6 is 0 Å². The van der Waals surface area contributed by atoms with Crippen LogP contribution in [0.1, 0.15) is 32.2 Å². The first-order valence-corrected chi connectivity index (χ1v) is 8.57. The summed E-state index contributed by atoms with van der Waals surface area (Å²) in [5, 5.41) is 9.25. The summed E-state index contributed by atoms with van der Waals surface area (Å²) in [6, 6.07) is 14.9. The Morgan fingerprint density at radius 2 is 1.70 bits per heavy atom. The summed E-state index contributed by atoms with van der Waals surface area (Å²) in [7, 11) is 0. The molecular weight excluding hydrogens is 344 g/mol. The highest BCUT2D eigenvalue weighted by molar-refractivity contribution is 5.95. The highest BCUT2D eigenvalue weighted by atomic mass is 16.5. The fraction of sp³-hybridized carbons (Fsp3) is 0.200. The van der Waals surface area contributed by atoms with Gasteiger partial charge in [-0.15, -0.1) is 0 Å². The third kappa shape index (κ3) is 4.58. The van der Waals surface area contributed by atoms with E-state index in [2.05, 4.69) is 20.8 Å². The Hall–Kier alpha value is -3.48. The molecule has 27 heavy (non-hydrogen) atoms. The minimum Gasteiger partial charge on any atom is -0.350 e. The molecule has 2 aromatic carbocycles. The molecule has 0 saturated heterocycles. The number of nitrogens with zero attached hydrogens (tertiary/aromatic N) is 2. The average molecular weight is 364 g/mol. The predicted molar refractivity (Wildman–Crippen MR) is 100 cm³/mol. The van der Waals surface area contributed by atoms with Gasteiger partial charge >= 0.3 is 11.8 Å². The predicted octanol–water partition coefficient (Wildman–Crippen LogP) is 2.51. The molecule has 0 saturated carbocycles. The number of amides is 2. The Labute approximate surface area is 156 Å².